The number of anilines is 1. The molecule has 0 radical (unpaired) electrons. The Bertz CT molecular complexity index is 359. The maximum absolute atomic E-state index is 10.7. The molecule has 88 valence electrons. The van der Waals surface area contributed by atoms with E-state index in [1.54, 1.807) is 19.3 Å². The molecule has 16 heavy (non-hydrogen) atoms. The summed E-state index contributed by atoms with van der Waals surface area (Å²) >= 11 is 0. The van der Waals surface area contributed by atoms with Crippen LogP contribution in [0.15, 0.2) is 29.2 Å². The summed E-state index contributed by atoms with van der Waals surface area (Å²) in [5.74, 6) is -0.632. The van der Waals surface area contributed by atoms with Gasteiger partial charge in [0.05, 0.1) is 6.61 Å². The predicted molar refractivity (Wildman–Crippen MR) is 60.0 cm³/mol. The molecule has 1 aromatic heterocycles. The molecular formula is C11H15NO4. The van der Waals surface area contributed by atoms with Crippen LogP contribution in [0.25, 0.3) is 0 Å². The first-order valence-electron chi connectivity index (χ1n) is 4.87. The van der Waals surface area contributed by atoms with Gasteiger partial charge in [0, 0.05) is 26.3 Å². The number of methoxy groups -OCH3 is 1. The summed E-state index contributed by atoms with van der Waals surface area (Å²) in [6, 6.07) is 3.06. The largest absolute Gasteiger partial charge is 0.475 e. The Hall–Kier alpha value is -1.75. The highest BCUT2D eigenvalue weighted by Gasteiger charge is 2.13. The first kappa shape index (κ1) is 12.3. The molecule has 0 amide bonds. The van der Waals surface area contributed by atoms with Crippen LogP contribution in [-0.4, -0.2) is 37.9 Å². The number of carboxylic acid groups (broad SMARTS) is 1. The van der Waals surface area contributed by atoms with Crippen LogP contribution >= 0.6 is 0 Å². The van der Waals surface area contributed by atoms with Crippen LogP contribution in [0.1, 0.15) is 10.6 Å². The fourth-order valence-corrected chi connectivity index (χ4v) is 1.26. The molecule has 0 aliphatic heterocycles. The van der Waals surface area contributed by atoms with Crippen molar-refractivity contribution in [2.75, 3.05) is 31.7 Å². The fraction of sp³-hybridized carbons (Fsp3) is 0.364. The maximum Gasteiger partial charge on any atom is 0.371 e. The van der Waals surface area contributed by atoms with Crippen LogP contribution in [0.4, 0.5) is 5.88 Å². The lowest BCUT2D eigenvalue weighted by Crippen LogP contribution is -2.26. The molecule has 0 fully saturated rings. The molecule has 0 aromatic carbocycles. The van der Waals surface area contributed by atoms with Gasteiger partial charge in [-0.15, -0.1) is 6.58 Å². The third-order valence-electron chi connectivity index (χ3n) is 2.03. The Kier molecular flexibility index (Phi) is 4.60. The van der Waals surface area contributed by atoms with Crippen molar-refractivity contribution in [1.29, 1.82) is 0 Å². The van der Waals surface area contributed by atoms with E-state index in [0.29, 0.717) is 25.6 Å². The third-order valence-corrected chi connectivity index (χ3v) is 2.03. The number of hydrogen-bond donors (Lipinski definition) is 1. The minimum Gasteiger partial charge on any atom is -0.475 e. The van der Waals surface area contributed by atoms with Crippen molar-refractivity contribution in [2.24, 2.45) is 0 Å². The van der Waals surface area contributed by atoms with Crippen LogP contribution in [0.5, 0.6) is 0 Å². The van der Waals surface area contributed by atoms with Gasteiger partial charge in [0.2, 0.25) is 5.76 Å². The lowest BCUT2D eigenvalue weighted by atomic mass is 10.4. The highest BCUT2D eigenvalue weighted by atomic mass is 16.5. The van der Waals surface area contributed by atoms with Crippen molar-refractivity contribution >= 4 is 11.9 Å². The number of furan rings is 1. The summed E-state index contributed by atoms with van der Waals surface area (Å²) in [5.41, 5.74) is 0. The molecule has 0 unspecified atom stereocenters. The molecular weight excluding hydrogens is 210 g/mol. The maximum atomic E-state index is 10.7. The number of ether oxygens (including phenoxy) is 1. The van der Waals surface area contributed by atoms with E-state index in [9.17, 15) is 4.79 Å². The van der Waals surface area contributed by atoms with E-state index in [1.807, 2.05) is 4.90 Å². The van der Waals surface area contributed by atoms with Gasteiger partial charge in [-0.25, -0.2) is 4.79 Å². The van der Waals surface area contributed by atoms with Crippen LogP contribution in [0.2, 0.25) is 0 Å². The second kappa shape index (κ2) is 5.97. The van der Waals surface area contributed by atoms with Gasteiger partial charge in [-0.1, -0.05) is 6.08 Å². The van der Waals surface area contributed by atoms with Gasteiger partial charge in [-0.3, -0.25) is 0 Å². The number of aromatic carboxylic acids is 1. The molecule has 1 rings (SSSR count). The van der Waals surface area contributed by atoms with Gasteiger partial charge < -0.3 is 19.2 Å². The van der Waals surface area contributed by atoms with E-state index < -0.39 is 5.97 Å². The number of nitrogens with zero attached hydrogens (tertiary/aromatic N) is 1. The van der Waals surface area contributed by atoms with Gasteiger partial charge in [0.25, 0.3) is 0 Å². The summed E-state index contributed by atoms with van der Waals surface area (Å²) in [6.07, 6.45) is 1.72. The van der Waals surface area contributed by atoms with Crippen LogP contribution in [0.3, 0.4) is 0 Å². The van der Waals surface area contributed by atoms with Gasteiger partial charge in [0.15, 0.2) is 5.88 Å². The van der Waals surface area contributed by atoms with Crippen molar-refractivity contribution in [1.82, 2.24) is 0 Å². The standard InChI is InChI=1S/C11H15NO4/c1-3-6-12(7-8-15-2)10-5-4-9(16-10)11(13)14/h3-5H,1,6-8H2,2H3,(H,13,14). The average molecular weight is 225 g/mol. The molecule has 0 spiro atoms. The molecule has 5 heteroatoms. The summed E-state index contributed by atoms with van der Waals surface area (Å²) in [6.45, 7) is 5.37. The van der Waals surface area contributed by atoms with E-state index in [-0.39, 0.29) is 5.76 Å². The smallest absolute Gasteiger partial charge is 0.371 e. The zero-order chi connectivity index (χ0) is 12.0. The number of carbonyl (C=O) groups is 1. The van der Waals surface area contributed by atoms with Crippen molar-refractivity contribution in [2.45, 2.75) is 0 Å². The van der Waals surface area contributed by atoms with E-state index in [0.717, 1.165) is 0 Å². The van der Waals surface area contributed by atoms with Gasteiger partial charge >= 0.3 is 5.97 Å². The lowest BCUT2D eigenvalue weighted by molar-refractivity contribution is 0.0663. The monoisotopic (exact) mass is 225 g/mol. The highest BCUT2D eigenvalue weighted by Crippen LogP contribution is 2.18. The zero-order valence-corrected chi connectivity index (χ0v) is 9.18. The van der Waals surface area contributed by atoms with Crippen molar-refractivity contribution in [3.8, 4) is 0 Å². The summed E-state index contributed by atoms with van der Waals surface area (Å²) in [7, 11) is 1.61. The average Bonchev–Trinajstić information content (AvgIpc) is 2.73. The van der Waals surface area contributed by atoms with Crippen molar-refractivity contribution in [3.05, 3.63) is 30.5 Å². The topological polar surface area (TPSA) is 62.9 Å². The predicted octanol–water partition coefficient (Wildman–Crippen LogP) is 1.62. The quantitative estimate of drug-likeness (QED) is 0.714. The van der Waals surface area contributed by atoms with Crippen LogP contribution in [0, 0.1) is 0 Å². The number of rotatable bonds is 7. The van der Waals surface area contributed by atoms with Gasteiger partial charge in [-0.05, 0) is 6.07 Å². The van der Waals surface area contributed by atoms with E-state index in [2.05, 4.69) is 6.58 Å². The van der Waals surface area contributed by atoms with Gasteiger partial charge in [0.1, 0.15) is 0 Å². The molecule has 0 saturated heterocycles. The fourth-order valence-electron chi connectivity index (χ4n) is 1.26. The SMILES string of the molecule is C=CCN(CCOC)c1ccc(C(=O)O)o1. The Morgan fingerprint density at radius 1 is 1.69 bits per heavy atom. The summed E-state index contributed by atoms with van der Waals surface area (Å²) in [4.78, 5) is 12.5. The lowest BCUT2D eigenvalue weighted by Gasteiger charge is -2.19. The third kappa shape index (κ3) is 3.13. The molecule has 5 nitrogen and oxygen atoms in total. The Morgan fingerprint density at radius 2 is 2.44 bits per heavy atom. The van der Waals surface area contributed by atoms with Crippen LogP contribution in [-0.2, 0) is 4.74 Å². The zero-order valence-electron chi connectivity index (χ0n) is 9.18. The highest BCUT2D eigenvalue weighted by molar-refractivity contribution is 5.84. The first-order chi connectivity index (χ1) is 7.69. The number of hydrogen-bond acceptors (Lipinski definition) is 4. The Balaban J connectivity index is 2.74. The molecule has 0 saturated carbocycles. The summed E-state index contributed by atoms with van der Waals surface area (Å²) < 4.78 is 10.1. The van der Waals surface area contributed by atoms with E-state index in [4.69, 9.17) is 14.3 Å². The number of carboxylic acids is 1. The molecule has 0 aliphatic rings. The Morgan fingerprint density at radius 3 is 2.94 bits per heavy atom. The molecule has 0 aliphatic carbocycles. The molecule has 1 aromatic rings. The molecule has 0 bridgehead atoms. The second-order valence-corrected chi connectivity index (χ2v) is 3.17. The van der Waals surface area contributed by atoms with E-state index >= 15 is 0 Å². The molecule has 0 atom stereocenters. The normalized spacial score (nSPS) is 10.1. The minimum absolute atomic E-state index is 0.0681. The van der Waals surface area contributed by atoms with Gasteiger partial charge in [-0.2, -0.15) is 0 Å². The Labute approximate surface area is 93.9 Å². The van der Waals surface area contributed by atoms with Crippen molar-refractivity contribution in [3.63, 3.8) is 0 Å². The molecule has 1 N–H and O–H groups in total. The van der Waals surface area contributed by atoms with E-state index in [1.165, 1.54) is 6.07 Å². The second-order valence-electron chi connectivity index (χ2n) is 3.17. The first-order valence-corrected chi connectivity index (χ1v) is 4.87. The minimum atomic E-state index is -1.07. The molecule has 1 heterocycles. The van der Waals surface area contributed by atoms with Crippen molar-refractivity contribution < 1.29 is 19.1 Å². The van der Waals surface area contributed by atoms with Crippen LogP contribution < -0.4 is 4.90 Å². The summed E-state index contributed by atoms with van der Waals surface area (Å²) in [5, 5.41) is 8.73.